The molecule has 57 heavy (non-hydrogen) atoms. The number of nitrogens with zero attached hydrogens (tertiary/aromatic N) is 3. The average molecular weight is 748 g/mol. The zero-order valence-electron chi connectivity index (χ0n) is 30.3. The summed E-state index contributed by atoms with van der Waals surface area (Å²) in [6, 6.07) is 61.2. The second-order valence-electron chi connectivity index (χ2n) is 14.4. The van der Waals surface area contributed by atoms with Crippen molar-refractivity contribution in [2.45, 2.75) is 0 Å². The smallest absolute Gasteiger partial charge is 0.164 e. The average Bonchev–Trinajstić information content (AvgIpc) is 3.96. The zero-order valence-corrected chi connectivity index (χ0v) is 31.1. The number of hydrogen-bond donors (Lipinski definition) is 0. The van der Waals surface area contributed by atoms with Crippen molar-refractivity contribution in [2.24, 2.45) is 0 Å². The lowest BCUT2D eigenvalue weighted by Gasteiger charge is -2.11. The van der Waals surface area contributed by atoms with Gasteiger partial charge in [0.05, 0.1) is 0 Å². The number of benzene rings is 8. The minimum Gasteiger partial charge on any atom is -0.456 e. The summed E-state index contributed by atoms with van der Waals surface area (Å²) in [7, 11) is 0. The van der Waals surface area contributed by atoms with E-state index in [2.05, 4.69) is 109 Å². The molecular weight excluding hydrogens is 719 g/mol. The number of hydrogen-bond acceptors (Lipinski definition) is 6. The SMILES string of the molecule is c1ccc(-c2nc(-c3ccc4c(c3)oc3ccccc34)nc(-c3ccc4c(c3)sc3ccc(-c5ccccc5-c5ccc6c(c5)oc5ccccc56)cc34)n2)cc1. The van der Waals surface area contributed by atoms with Crippen molar-refractivity contribution in [3.05, 3.63) is 176 Å². The number of fused-ring (bicyclic) bond motifs is 9. The Morgan fingerprint density at radius 2 is 0.772 bits per heavy atom. The maximum atomic E-state index is 6.27. The molecule has 0 aliphatic carbocycles. The molecule has 266 valence electrons. The van der Waals surface area contributed by atoms with Gasteiger partial charge in [-0.25, -0.2) is 15.0 Å². The molecular formula is C51H29N3O2S. The van der Waals surface area contributed by atoms with Crippen LogP contribution in [-0.4, -0.2) is 15.0 Å². The van der Waals surface area contributed by atoms with Gasteiger partial charge in [-0.05, 0) is 76.9 Å². The Labute approximate surface area is 330 Å². The lowest BCUT2D eigenvalue weighted by molar-refractivity contribution is 0.668. The fraction of sp³-hybridized carbons (Fsp3) is 0. The molecule has 0 amide bonds. The molecule has 0 bridgehead atoms. The van der Waals surface area contributed by atoms with Crippen molar-refractivity contribution >= 4 is 75.4 Å². The third-order valence-electron chi connectivity index (χ3n) is 11.0. The second-order valence-corrected chi connectivity index (χ2v) is 15.4. The fourth-order valence-electron chi connectivity index (χ4n) is 8.18. The van der Waals surface area contributed by atoms with E-state index < -0.39 is 0 Å². The molecule has 12 rings (SSSR count). The highest BCUT2D eigenvalue weighted by atomic mass is 32.1. The molecule has 0 saturated carbocycles. The van der Waals surface area contributed by atoms with Gasteiger partial charge in [0.15, 0.2) is 17.5 Å². The number of aromatic nitrogens is 3. The van der Waals surface area contributed by atoms with Crippen LogP contribution in [0.4, 0.5) is 0 Å². The van der Waals surface area contributed by atoms with Crippen LogP contribution in [0, 0.1) is 0 Å². The Hall–Kier alpha value is -7.41. The highest BCUT2D eigenvalue weighted by Crippen LogP contribution is 2.41. The van der Waals surface area contributed by atoms with Gasteiger partial charge in [0, 0.05) is 58.4 Å². The molecule has 4 aromatic heterocycles. The molecule has 0 spiro atoms. The first kappa shape index (κ1) is 31.9. The second kappa shape index (κ2) is 12.6. The highest BCUT2D eigenvalue weighted by molar-refractivity contribution is 7.25. The van der Waals surface area contributed by atoms with Crippen LogP contribution in [0.5, 0.6) is 0 Å². The third kappa shape index (κ3) is 5.26. The van der Waals surface area contributed by atoms with Gasteiger partial charge >= 0.3 is 0 Å². The Bertz CT molecular complexity index is 3540. The molecule has 0 aliphatic heterocycles. The molecule has 0 aliphatic rings. The normalized spacial score (nSPS) is 11.9. The summed E-state index contributed by atoms with van der Waals surface area (Å²) in [5.41, 5.74) is 10.8. The van der Waals surface area contributed by atoms with Crippen LogP contribution in [0.15, 0.2) is 185 Å². The molecule has 0 radical (unpaired) electrons. The van der Waals surface area contributed by atoms with E-state index in [1.165, 1.54) is 36.9 Å². The quantitative estimate of drug-likeness (QED) is 0.175. The molecule has 8 aromatic carbocycles. The molecule has 0 saturated heterocycles. The number of rotatable bonds is 5. The van der Waals surface area contributed by atoms with Gasteiger partial charge in [0.25, 0.3) is 0 Å². The van der Waals surface area contributed by atoms with E-state index in [1.807, 2.05) is 66.7 Å². The van der Waals surface area contributed by atoms with Crippen LogP contribution in [0.3, 0.4) is 0 Å². The molecule has 0 fully saturated rings. The lowest BCUT2D eigenvalue weighted by Crippen LogP contribution is -2.00. The first-order chi connectivity index (χ1) is 28.2. The monoisotopic (exact) mass is 747 g/mol. The van der Waals surface area contributed by atoms with Gasteiger partial charge in [-0.15, -0.1) is 11.3 Å². The van der Waals surface area contributed by atoms with Crippen molar-refractivity contribution in [3.8, 4) is 56.4 Å². The van der Waals surface area contributed by atoms with E-state index >= 15 is 0 Å². The first-order valence-corrected chi connectivity index (χ1v) is 19.7. The van der Waals surface area contributed by atoms with Gasteiger partial charge in [-0.2, -0.15) is 0 Å². The summed E-state index contributed by atoms with van der Waals surface area (Å²) < 4.78 is 14.9. The van der Waals surface area contributed by atoms with Crippen molar-refractivity contribution < 1.29 is 8.83 Å². The van der Waals surface area contributed by atoms with Crippen molar-refractivity contribution in [1.82, 2.24) is 15.0 Å². The van der Waals surface area contributed by atoms with Crippen molar-refractivity contribution in [3.63, 3.8) is 0 Å². The van der Waals surface area contributed by atoms with Gasteiger partial charge in [0.1, 0.15) is 22.3 Å². The maximum absolute atomic E-state index is 6.27. The van der Waals surface area contributed by atoms with E-state index in [9.17, 15) is 0 Å². The number of furan rings is 2. The van der Waals surface area contributed by atoms with E-state index in [-0.39, 0.29) is 0 Å². The Kier molecular flexibility index (Phi) is 7.03. The van der Waals surface area contributed by atoms with Gasteiger partial charge in [-0.3, -0.25) is 0 Å². The van der Waals surface area contributed by atoms with Crippen LogP contribution in [0.1, 0.15) is 0 Å². The zero-order chi connectivity index (χ0) is 37.5. The molecule has 12 aromatic rings. The highest BCUT2D eigenvalue weighted by Gasteiger charge is 2.17. The topological polar surface area (TPSA) is 65.0 Å². The molecule has 0 atom stereocenters. The summed E-state index contributed by atoms with van der Waals surface area (Å²) >= 11 is 1.79. The van der Waals surface area contributed by atoms with E-state index in [0.717, 1.165) is 66.1 Å². The third-order valence-corrected chi connectivity index (χ3v) is 12.1. The largest absolute Gasteiger partial charge is 0.456 e. The molecule has 6 heteroatoms. The maximum Gasteiger partial charge on any atom is 0.164 e. The summed E-state index contributed by atoms with van der Waals surface area (Å²) in [6.45, 7) is 0. The Morgan fingerprint density at radius 3 is 1.44 bits per heavy atom. The Balaban J connectivity index is 0.951. The lowest BCUT2D eigenvalue weighted by atomic mass is 9.93. The van der Waals surface area contributed by atoms with Crippen molar-refractivity contribution in [2.75, 3.05) is 0 Å². The minimum absolute atomic E-state index is 0.598. The predicted molar refractivity (Wildman–Crippen MR) is 234 cm³/mol. The van der Waals surface area contributed by atoms with Gasteiger partial charge < -0.3 is 8.83 Å². The van der Waals surface area contributed by atoms with Crippen LogP contribution < -0.4 is 0 Å². The molecule has 0 N–H and O–H groups in total. The molecule has 4 heterocycles. The fourth-order valence-corrected chi connectivity index (χ4v) is 9.30. The van der Waals surface area contributed by atoms with E-state index in [4.69, 9.17) is 23.8 Å². The standard InChI is InChI=1S/C51H29N3O2S/c1-2-10-30(11-3-1)49-52-50(33-19-23-40-38-15-7-9-17-44(38)56-46(40)28-33)54-51(53-49)34-20-24-41-42-26-31(21-25-47(42)57-48(41)29-34)35-12-4-5-13-36(35)32-18-22-39-37-14-6-8-16-43(37)55-45(39)27-32/h1-29H. The summed E-state index contributed by atoms with van der Waals surface area (Å²) in [5, 5.41) is 6.86. The van der Waals surface area contributed by atoms with Crippen LogP contribution in [-0.2, 0) is 0 Å². The van der Waals surface area contributed by atoms with Crippen LogP contribution >= 0.6 is 11.3 Å². The molecule has 5 nitrogen and oxygen atoms in total. The molecule has 0 unspecified atom stereocenters. The van der Waals surface area contributed by atoms with E-state index in [1.54, 1.807) is 11.3 Å². The first-order valence-electron chi connectivity index (χ1n) is 18.9. The minimum atomic E-state index is 0.598. The Morgan fingerprint density at radius 1 is 0.298 bits per heavy atom. The summed E-state index contributed by atoms with van der Waals surface area (Å²) in [6.07, 6.45) is 0. The summed E-state index contributed by atoms with van der Waals surface area (Å²) in [4.78, 5) is 15.1. The number of para-hydroxylation sites is 2. The predicted octanol–water partition coefficient (Wildman–Crippen LogP) is 14.4. The number of thiophene rings is 1. The van der Waals surface area contributed by atoms with Gasteiger partial charge in [-0.1, -0.05) is 121 Å². The van der Waals surface area contributed by atoms with Gasteiger partial charge in [0.2, 0.25) is 0 Å². The van der Waals surface area contributed by atoms with E-state index in [0.29, 0.717) is 17.5 Å². The van der Waals surface area contributed by atoms with Crippen molar-refractivity contribution in [1.29, 1.82) is 0 Å². The van der Waals surface area contributed by atoms with Crippen LogP contribution in [0.2, 0.25) is 0 Å². The summed E-state index contributed by atoms with van der Waals surface area (Å²) in [5.74, 6) is 1.85. The van der Waals surface area contributed by atoms with Crippen LogP contribution in [0.25, 0.3) is 120 Å².